The minimum atomic E-state index is 0.358. The first-order valence-corrected chi connectivity index (χ1v) is 4.87. The van der Waals surface area contributed by atoms with E-state index in [1.54, 1.807) is 4.90 Å². The van der Waals surface area contributed by atoms with Crippen molar-refractivity contribution in [2.75, 3.05) is 14.1 Å². The van der Waals surface area contributed by atoms with E-state index in [1.165, 1.54) is 32.1 Å². The summed E-state index contributed by atoms with van der Waals surface area (Å²) in [5.41, 5.74) is 0.474. The minimum Gasteiger partial charge on any atom is -0.349 e. The highest BCUT2D eigenvalue weighted by Gasteiger charge is 2.58. The summed E-state index contributed by atoms with van der Waals surface area (Å²) < 4.78 is 0. The van der Waals surface area contributed by atoms with Crippen LogP contribution in [0.3, 0.4) is 0 Å². The lowest BCUT2D eigenvalue weighted by Crippen LogP contribution is -2.25. The Bertz CT molecular complexity index is 204. The number of carbonyl (C=O) groups is 1. The van der Waals surface area contributed by atoms with Crippen molar-refractivity contribution in [3.05, 3.63) is 0 Å². The predicted molar refractivity (Wildman–Crippen MR) is 47.7 cm³/mol. The summed E-state index contributed by atoms with van der Waals surface area (Å²) in [7, 11) is 3.73. The molecule has 0 aliphatic heterocycles. The van der Waals surface area contributed by atoms with Crippen LogP contribution in [0.15, 0.2) is 0 Å². The highest BCUT2D eigenvalue weighted by atomic mass is 16.2. The molecular formula is C10H17NO. The van der Waals surface area contributed by atoms with Crippen LogP contribution in [0, 0.1) is 11.3 Å². The van der Waals surface area contributed by atoms with Crippen LogP contribution in [0.2, 0.25) is 0 Å². The lowest BCUT2D eigenvalue weighted by molar-refractivity contribution is -0.130. The fraction of sp³-hybridized carbons (Fsp3) is 0.900. The van der Waals surface area contributed by atoms with E-state index in [4.69, 9.17) is 0 Å². The van der Waals surface area contributed by atoms with Gasteiger partial charge in [-0.15, -0.1) is 0 Å². The van der Waals surface area contributed by atoms with Crippen molar-refractivity contribution in [3.63, 3.8) is 0 Å². The number of amides is 1. The number of rotatable bonds is 1. The molecule has 0 aromatic carbocycles. The summed E-state index contributed by atoms with van der Waals surface area (Å²) in [6, 6.07) is 0. The molecule has 12 heavy (non-hydrogen) atoms. The average molecular weight is 167 g/mol. The first-order valence-electron chi connectivity index (χ1n) is 4.87. The summed E-state index contributed by atoms with van der Waals surface area (Å²) in [5, 5.41) is 0. The molecule has 2 aliphatic rings. The van der Waals surface area contributed by atoms with Crippen LogP contribution in [-0.4, -0.2) is 24.9 Å². The summed E-state index contributed by atoms with van der Waals surface area (Å²) in [4.78, 5) is 13.3. The van der Waals surface area contributed by atoms with Crippen LogP contribution in [-0.2, 0) is 4.79 Å². The van der Waals surface area contributed by atoms with Gasteiger partial charge in [-0.05, 0) is 24.7 Å². The van der Waals surface area contributed by atoms with Crippen LogP contribution in [0.4, 0.5) is 0 Å². The van der Waals surface area contributed by atoms with E-state index in [0.29, 0.717) is 17.2 Å². The van der Waals surface area contributed by atoms with Gasteiger partial charge < -0.3 is 4.90 Å². The summed E-state index contributed by atoms with van der Waals surface area (Å²) in [6.07, 6.45) is 6.47. The topological polar surface area (TPSA) is 20.3 Å². The summed E-state index contributed by atoms with van der Waals surface area (Å²) in [6.45, 7) is 0. The Hall–Kier alpha value is -0.530. The summed E-state index contributed by atoms with van der Waals surface area (Å²) >= 11 is 0. The molecule has 2 heteroatoms. The van der Waals surface area contributed by atoms with E-state index < -0.39 is 0 Å². The normalized spacial score (nSPS) is 30.7. The number of hydrogen-bond acceptors (Lipinski definition) is 1. The molecule has 1 amide bonds. The molecule has 0 radical (unpaired) electrons. The number of nitrogens with zero attached hydrogens (tertiary/aromatic N) is 1. The van der Waals surface area contributed by atoms with Gasteiger partial charge in [-0.25, -0.2) is 0 Å². The quantitative estimate of drug-likeness (QED) is 0.581. The molecule has 2 rings (SSSR count). The van der Waals surface area contributed by atoms with Crippen LogP contribution in [0.25, 0.3) is 0 Å². The smallest absolute Gasteiger partial charge is 0.225 e. The van der Waals surface area contributed by atoms with Gasteiger partial charge in [0.25, 0.3) is 0 Å². The summed E-state index contributed by atoms with van der Waals surface area (Å²) in [5.74, 6) is 0.742. The van der Waals surface area contributed by atoms with Gasteiger partial charge in [0, 0.05) is 20.0 Å². The maximum absolute atomic E-state index is 11.6. The molecular weight excluding hydrogens is 150 g/mol. The van der Waals surface area contributed by atoms with Gasteiger partial charge in [-0.1, -0.05) is 12.8 Å². The second-order valence-corrected chi connectivity index (χ2v) is 4.56. The first-order chi connectivity index (χ1) is 5.66. The van der Waals surface area contributed by atoms with Crippen molar-refractivity contribution in [1.29, 1.82) is 0 Å². The zero-order valence-corrected chi connectivity index (χ0v) is 7.97. The minimum absolute atomic E-state index is 0.358. The molecule has 68 valence electrons. The highest BCUT2D eigenvalue weighted by molar-refractivity contribution is 5.82. The molecule has 0 bridgehead atoms. The van der Waals surface area contributed by atoms with Crippen LogP contribution < -0.4 is 0 Å². The Morgan fingerprint density at radius 2 is 1.92 bits per heavy atom. The Balaban J connectivity index is 1.98. The van der Waals surface area contributed by atoms with Gasteiger partial charge in [0.05, 0.1) is 0 Å². The van der Waals surface area contributed by atoms with Crippen LogP contribution in [0.1, 0.15) is 32.1 Å². The molecule has 1 spiro atoms. The van der Waals surface area contributed by atoms with Crippen LogP contribution >= 0.6 is 0 Å². The van der Waals surface area contributed by atoms with E-state index in [0.717, 1.165) is 0 Å². The van der Waals surface area contributed by atoms with Gasteiger partial charge in [-0.2, -0.15) is 0 Å². The Morgan fingerprint density at radius 3 is 2.42 bits per heavy atom. The molecule has 0 aromatic heterocycles. The van der Waals surface area contributed by atoms with Gasteiger partial charge in [0.1, 0.15) is 0 Å². The van der Waals surface area contributed by atoms with Gasteiger partial charge in [0.2, 0.25) is 5.91 Å². The van der Waals surface area contributed by atoms with Crippen molar-refractivity contribution in [2.45, 2.75) is 32.1 Å². The van der Waals surface area contributed by atoms with Crippen molar-refractivity contribution >= 4 is 5.91 Å². The zero-order valence-electron chi connectivity index (χ0n) is 7.97. The molecule has 2 fully saturated rings. The van der Waals surface area contributed by atoms with Gasteiger partial charge in [0.15, 0.2) is 0 Å². The van der Waals surface area contributed by atoms with E-state index in [-0.39, 0.29) is 0 Å². The monoisotopic (exact) mass is 167 g/mol. The number of carbonyl (C=O) groups excluding carboxylic acids is 1. The third kappa shape index (κ3) is 1.05. The molecule has 0 N–H and O–H groups in total. The van der Waals surface area contributed by atoms with Crippen LogP contribution in [0.5, 0.6) is 0 Å². The van der Waals surface area contributed by atoms with E-state index >= 15 is 0 Å². The van der Waals surface area contributed by atoms with Crippen molar-refractivity contribution in [2.24, 2.45) is 11.3 Å². The first kappa shape index (κ1) is 8.09. The fourth-order valence-corrected chi connectivity index (χ4v) is 2.64. The van der Waals surface area contributed by atoms with Crippen molar-refractivity contribution < 1.29 is 4.79 Å². The Kier molecular flexibility index (Phi) is 1.67. The standard InChI is InChI=1S/C10H17NO/c1-11(2)9(12)8-7-10(8)5-3-4-6-10/h8H,3-7H2,1-2H3. The third-order valence-electron chi connectivity index (χ3n) is 3.53. The second-order valence-electron chi connectivity index (χ2n) is 4.56. The Morgan fingerprint density at radius 1 is 1.33 bits per heavy atom. The van der Waals surface area contributed by atoms with E-state index in [2.05, 4.69) is 0 Å². The maximum Gasteiger partial charge on any atom is 0.225 e. The number of hydrogen-bond donors (Lipinski definition) is 0. The average Bonchev–Trinajstić information content (AvgIpc) is 2.48. The maximum atomic E-state index is 11.6. The SMILES string of the molecule is CN(C)C(=O)C1CC12CCCC2. The fourth-order valence-electron chi connectivity index (χ4n) is 2.64. The molecule has 0 heterocycles. The lowest BCUT2D eigenvalue weighted by Gasteiger charge is -2.12. The largest absolute Gasteiger partial charge is 0.349 e. The molecule has 1 atom stereocenters. The molecule has 2 nitrogen and oxygen atoms in total. The Labute approximate surface area is 73.9 Å². The lowest BCUT2D eigenvalue weighted by atomic mass is 10.0. The zero-order chi connectivity index (χ0) is 8.77. The highest BCUT2D eigenvalue weighted by Crippen LogP contribution is 2.63. The van der Waals surface area contributed by atoms with Gasteiger partial charge >= 0.3 is 0 Å². The molecule has 1 unspecified atom stereocenters. The predicted octanol–water partition coefficient (Wildman–Crippen LogP) is 1.65. The molecule has 2 aliphatic carbocycles. The molecule has 0 saturated heterocycles. The van der Waals surface area contributed by atoms with Gasteiger partial charge in [-0.3, -0.25) is 4.79 Å². The third-order valence-corrected chi connectivity index (χ3v) is 3.53. The molecule has 2 saturated carbocycles. The van der Waals surface area contributed by atoms with E-state index in [9.17, 15) is 4.79 Å². The molecule has 0 aromatic rings. The second kappa shape index (κ2) is 2.48. The van der Waals surface area contributed by atoms with E-state index in [1.807, 2.05) is 14.1 Å². The van der Waals surface area contributed by atoms with Crippen molar-refractivity contribution in [3.8, 4) is 0 Å². The van der Waals surface area contributed by atoms with Crippen molar-refractivity contribution in [1.82, 2.24) is 4.90 Å².